The van der Waals surface area contributed by atoms with Crippen molar-refractivity contribution >= 4 is 53.1 Å². The second-order valence-corrected chi connectivity index (χ2v) is 14.7. The maximum absolute atomic E-state index is 2.45. The Bertz CT molecular complexity index is 2670. The second-order valence-electron chi connectivity index (χ2n) is 13.6. The van der Waals surface area contributed by atoms with Gasteiger partial charge in [-0.05, 0) is 95.4 Å². The van der Waals surface area contributed by atoms with E-state index in [9.17, 15) is 0 Å². The molecule has 1 aromatic heterocycles. The molecule has 0 aliphatic heterocycles. The van der Waals surface area contributed by atoms with Crippen molar-refractivity contribution in [1.82, 2.24) is 0 Å². The fraction of sp³-hybridized carbons (Fsp3) is 0.0638. The van der Waals surface area contributed by atoms with Crippen molar-refractivity contribution in [3.8, 4) is 44.5 Å². The zero-order chi connectivity index (χ0) is 32.0. The third-order valence-corrected chi connectivity index (χ3v) is 11.8. The van der Waals surface area contributed by atoms with Crippen molar-refractivity contribution in [2.75, 3.05) is 0 Å². The van der Waals surface area contributed by atoms with E-state index in [1.54, 1.807) is 0 Å². The van der Waals surface area contributed by atoms with Crippen LogP contribution in [-0.4, -0.2) is 0 Å². The Kier molecular flexibility index (Phi) is 5.89. The van der Waals surface area contributed by atoms with Crippen LogP contribution in [0.25, 0.3) is 86.2 Å². The third kappa shape index (κ3) is 3.89. The van der Waals surface area contributed by atoms with Gasteiger partial charge in [0.2, 0.25) is 0 Å². The predicted molar refractivity (Wildman–Crippen MR) is 208 cm³/mol. The second kappa shape index (κ2) is 10.2. The zero-order valence-corrected chi connectivity index (χ0v) is 27.7. The molecule has 1 heteroatoms. The van der Waals surface area contributed by atoms with Gasteiger partial charge in [-0.2, -0.15) is 0 Å². The van der Waals surface area contributed by atoms with Crippen LogP contribution in [0.2, 0.25) is 0 Å². The van der Waals surface area contributed by atoms with Crippen LogP contribution < -0.4 is 0 Å². The summed E-state index contributed by atoms with van der Waals surface area (Å²) in [5, 5.41) is 7.91. The Hall–Kier alpha value is -5.50. The van der Waals surface area contributed by atoms with Crippen LogP contribution in [0.15, 0.2) is 158 Å². The molecule has 1 aliphatic carbocycles. The number of benzene rings is 8. The summed E-state index contributed by atoms with van der Waals surface area (Å²) in [4.78, 5) is 0. The molecular formula is C47H32S. The number of fused-ring (bicyclic) bond motifs is 9. The Morgan fingerprint density at radius 2 is 0.875 bits per heavy atom. The highest BCUT2D eigenvalue weighted by atomic mass is 32.1. The molecule has 1 heterocycles. The third-order valence-electron chi connectivity index (χ3n) is 10.7. The molecule has 0 nitrogen and oxygen atoms in total. The number of rotatable bonds is 3. The van der Waals surface area contributed by atoms with Crippen LogP contribution in [0, 0.1) is 0 Å². The molecule has 0 atom stereocenters. The van der Waals surface area contributed by atoms with Crippen LogP contribution in [0.3, 0.4) is 0 Å². The summed E-state index contributed by atoms with van der Waals surface area (Å²) in [6.45, 7) is 4.76. The monoisotopic (exact) mass is 628 g/mol. The van der Waals surface area contributed by atoms with Crippen LogP contribution >= 0.6 is 11.3 Å². The van der Waals surface area contributed by atoms with Crippen molar-refractivity contribution in [3.63, 3.8) is 0 Å². The van der Waals surface area contributed by atoms with Crippen LogP contribution in [0.5, 0.6) is 0 Å². The normalized spacial score (nSPS) is 13.4. The lowest BCUT2D eigenvalue weighted by atomic mass is 9.82. The average Bonchev–Trinajstić information content (AvgIpc) is 3.62. The van der Waals surface area contributed by atoms with E-state index in [1.165, 1.54) is 97.4 Å². The average molecular weight is 629 g/mol. The molecule has 10 rings (SSSR count). The van der Waals surface area contributed by atoms with Crippen molar-refractivity contribution in [2.24, 2.45) is 0 Å². The van der Waals surface area contributed by atoms with E-state index in [-0.39, 0.29) is 5.41 Å². The van der Waals surface area contributed by atoms with E-state index in [4.69, 9.17) is 0 Å². The molecule has 1 aliphatic rings. The Labute approximate surface area is 284 Å². The molecule has 0 unspecified atom stereocenters. The molecule has 0 saturated carbocycles. The molecule has 8 aromatic carbocycles. The van der Waals surface area contributed by atoms with E-state index in [2.05, 4.69) is 172 Å². The molecule has 0 bridgehead atoms. The van der Waals surface area contributed by atoms with E-state index >= 15 is 0 Å². The molecule has 0 spiro atoms. The van der Waals surface area contributed by atoms with E-state index in [0.29, 0.717) is 0 Å². The fourth-order valence-electron chi connectivity index (χ4n) is 8.42. The van der Waals surface area contributed by atoms with Crippen molar-refractivity contribution in [1.29, 1.82) is 0 Å². The van der Waals surface area contributed by atoms with Gasteiger partial charge in [-0.1, -0.05) is 153 Å². The van der Waals surface area contributed by atoms with Gasteiger partial charge >= 0.3 is 0 Å². The molecule has 0 fully saturated rings. The zero-order valence-electron chi connectivity index (χ0n) is 26.9. The lowest BCUT2D eigenvalue weighted by Crippen LogP contribution is -2.14. The molecule has 0 amide bonds. The van der Waals surface area contributed by atoms with Crippen LogP contribution in [0.4, 0.5) is 0 Å². The summed E-state index contributed by atoms with van der Waals surface area (Å²) < 4.78 is 2.72. The smallest absolute Gasteiger partial charge is 0.0361 e. The molecule has 226 valence electrons. The van der Waals surface area contributed by atoms with Gasteiger partial charge in [0.25, 0.3) is 0 Å². The van der Waals surface area contributed by atoms with Gasteiger partial charge in [0.1, 0.15) is 0 Å². The Morgan fingerprint density at radius 1 is 0.375 bits per heavy atom. The lowest BCUT2D eigenvalue weighted by molar-refractivity contribution is 0.661. The Morgan fingerprint density at radius 3 is 1.52 bits per heavy atom. The number of hydrogen-bond acceptors (Lipinski definition) is 1. The summed E-state index contributed by atoms with van der Waals surface area (Å²) in [6.07, 6.45) is 0. The summed E-state index contributed by atoms with van der Waals surface area (Å²) in [5.74, 6) is 0. The molecule has 9 aromatic rings. The topological polar surface area (TPSA) is 0 Å². The fourth-order valence-corrected chi connectivity index (χ4v) is 9.54. The Balaban J connectivity index is 1.14. The van der Waals surface area contributed by atoms with Crippen molar-refractivity contribution < 1.29 is 0 Å². The summed E-state index contributed by atoms with van der Waals surface area (Å²) >= 11 is 1.90. The highest BCUT2D eigenvalue weighted by Gasteiger charge is 2.37. The molecule has 0 saturated heterocycles. The molecule has 48 heavy (non-hydrogen) atoms. The van der Waals surface area contributed by atoms with Gasteiger partial charge < -0.3 is 0 Å². The summed E-state index contributed by atoms with van der Waals surface area (Å²) in [6, 6.07) is 58.6. The predicted octanol–water partition coefficient (Wildman–Crippen LogP) is 13.7. The quantitative estimate of drug-likeness (QED) is 0.171. The highest BCUT2D eigenvalue weighted by Crippen LogP contribution is 2.54. The van der Waals surface area contributed by atoms with Crippen molar-refractivity contribution in [3.05, 3.63) is 169 Å². The van der Waals surface area contributed by atoms with Gasteiger partial charge in [0.05, 0.1) is 0 Å². The first-order valence-electron chi connectivity index (χ1n) is 16.8. The van der Waals surface area contributed by atoms with E-state index in [0.717, 1.165) is 0 Å². The van der Waals surface area contributed by atoms with Gasteiger partial charge in [0, 0.05) is 25.6 Å². The molecular weight excluding hydrogens is 597 g/mol. The van der Waals surface area contributed by atoms with E-state index in [1.807, 2.05) is 11.3 Å². The lowest BCUT2D eigenvalue weighted by Gasteiger charge is -2.21. The summed E-state index contributed by atoms with van der Waals surface area (Å²) in [5.41, 5.74) is 13.2. The van der Waals surface area contributed by atoms with Gasteiger partial charge in [-0.25, -0.2) is 0 Å². The standard InChI is InChI=1S/C47H32S/c1-47(2)39-25-24-32(28-38(39)45-40(47)26-27-42-46(45)37-18-10-11-19-41(37)48-42)29-20-22-31(23-21-29)44-35-16-8-6-14-33(35)43(30-12-4-3-5-13-30)34-15-7-9-17-36(34)44/h3-28H,1-2H3. The summed E-state index contributed by atoms with van der Waals surface area (Å²) in [7, 11) is 0. The first-order chi connectivity index (χ1) is 23.6. The van der Waals surface area contributed by atoms with Gasteiger partial charge in [-0.15, -0.1) is 11.3 Å². The van der Waals surface area contributed by atoms with Crippen molar-refractivity contribution in [2.45, 2.75) is 19.3 Å². The minimum atomic E-state index is -0.0433. The first-order valence-corrected chi connectivity index (χ1v) is 17.6. The largest absolute Gasteiger partial charge is 0.135 e. The molecule has 0 radical (unpaired) electrons. The minimum absolute atomic E-state index is 0.0433. The number of hydrogen-bond donors (Lipinski definition) is 0. The minimum Gasteiger partial charge on any atom is -0.135 e. The van der Waals surface area contributed by atoms with Gasteiger partial charge in [-0.3, -0.25) is 0 Å². The van der Waals surface area contributed by atoms with E-state index < -0.39 is 0 Å². The molecule has 0 N–H and O–H groups in total. The van der Waals surface area contributed by atoms with Crippen LogP contribution in [0.1, 0.15) is 25.0 Å². The van der Waals surface area contributed by atoms with Gasteiger partial charge in [0.15, 0.2) is 0 Å². The first kappa shape index (κ1) is 27.6. The van der Waals surface area contributed by atoms with Crippen LogP contribution in [-0.2, 0) is 5.41 Å². The number of thiophene rings is 1. The maximum Gasteiger partial charge on any atom is 0.0361 e. The highest BCUT2D eigenvalue weighted by molar-refractivity contribution is 7.26. The SMILES string of the molecule is CC1(C)c2ccc(-c3ccc(-c4c5ccccc5c(-c5ccccc5)c5ccccc45)cc3)cc2-c2c1ccc1sc3ccccc3c21. The maximum atomic E-state index is 2.45.